The summed E-state index contributed by atoms with van der Waals surface area (Å²) >= 11 is 0. The van der Waals surface area contributed by atoms with Crippen LogP contribution in [0.2, 0.25) is 0 Å². The van der Waals surface area contributed by atoms with E-state index < -0.39 is 53.7 Å². The molecule has 0 aliphatic carbocycles. The van der Waals surface area contributed by atoms with Crippen molar-refractivity contribution in [1.82, 2.24) is 5.32 Å². The quantitative estimate of drug-likeness (QED) is 0.494. The van der Waals surface area contributed by atoms with Crippen LogP contribution >= 0.6 is 0 Å². The third-order valence-corrected chi connectivity index (χ3v) is 5.18. The zero-order valence-corrected chi connectivity index (χ0v) is 19.5. The highest BCUT2D eigenvalue weighted by Gasteiger charge is 2.37. The highest BCUT2D eigenvalue weighted by atomic mass is 19.4. The molecule has 2 aromatic carbocycles. The van der Waals surface area contributed by atoms with E-state index in [2.05, 4.69) is 5.32 Å². The lowest BCUT2D eigenvalue weighted by atomic mass is 9.94. The van der Waals surface area contributed by atoms with Gasteiger partial charge in [-0.2, -0.15) is 13.2 Å². The number of anilines is 1. The largest absolute Gasteiger partial charge is 0.465 e. The van der Waals surface area contributed by atoms with E-state index in [4.69, 9.17) is 9.47 Å². The third-order valence-electron chi connectivity index (χ3n) is 5.18. The summed E-state index contributed by atoms with van der Waals surface area (Å²) in [7, 11) is 1.17. The molecule has 1 N–H and O–H groups in total. The molecule has 1 heterocycles. The second-order valence-corrected chi connectivity index (χ2v) is 8.97. The van der Waals surface area contributed by atoms with Crippen molar-refractivity contribution in [2.75, 3.05) is 12.0 Å². The zero-order chi connectivity index (χ0) is 26.1. The minimum atomic E-state index is -4.72. The summed E-state index contributed by atoms with van der Waals surface area (Å²) < 4.78 is 64.0. The standard InChI is InChI=1S/C24H24F4N2O5/c1-23(2,3)35-22(33)29-18-10-13-5-6-14(21(32)34-4)11-19(13)30(20(18)31)12-15-9-16(24(26,27)28)7-8-17(15)25/h5-9,11,18H,10,12H2,1-4H3,(H,29,33)/t18-/m1/s1. The zero-order valence-electron chi connectivity index (χ0n) is 19.5. The monoisotopic (exact) mass is 496 g/mol. The van der Waals surface area contributed by atoms with Gasteiger partial charge in [-0.1, -0.05) is 6.07 Å². The number of hydrogen-bond acceptors (Lipinski definition) is 5. The van der Waals surface area contributed by atoms with Crippen molar-refractivity contribution in [1.29, 1.82) is 0 Å². The Morgan fingerprint density at radius 3 is 2.40 bits per heavy atom. The van der Waals surface area contributed by atoms with Crippen LogP contribution in [-0.2, 0) is 33.4 Å². The molecule has 1 aliphatic heterocycles. The molecular weight excluding hydrogens is 472 g/mol. The molecule has 0 spiro atoms. The van der Waals surface area contributed by atoms with Gasteiger partial charge in [0, 0.05) is 17.7 Å². The Morgan fingerprint density at radius 2 is 1.80 bits per heavy atom. The molecule has 2 amide bonds. The van der Waals surface area contributed by atoms with Gasteiger partial charge in [-0.3, -0.25) is 4.79 Å². The van der Waals surface area contributed by atoms with Crippen molar-refractivity contribution >= 4 is 23.7 Å². The molecule has 0 unspecified atom stereocenters. The van der Waals surface area contributed by atoms with Gasteiger partial charge >= 0.3 is 18.2 Å². The van der Waals surface area contributed by atoms with Crippen molar-refractivity contribution in [3.8, 4) is 0 Å². The lowest BCUT2D eigenvalue weighted by molar-refractivity contribution is -0.137. The number of nitrogens with zero attached hydrogens (tertiary/aromatic N) is 1. The Morgan fingerprint density at radius 1 is 1.11 bits per heavy atom. The molecule has 35 heavy (non-hydrogen) atoms. The van der Waals surface area contributed by atoms with Gasteiger partial charge in [-0.15, -0.1) is 0 Å². The van der Waals surface area contributed by atoms with E-state index in [-0.39, 0.29) is 23.2 Å². The number of fused-ring (bicyclic) bond motifs is 1. The van der Waals surface area contributed by atoms with Crippen molar-refractivity contribution in [3.63, 3.8) is 0 Å². The number of rotatable bonds is 4. The van der Waals surface area contributed by atoms with Gasteiger partial charge < -0.3 is 19.7 Å². The van der Waals surface area contributed by atoms with Crippen LogP contribution in [0.4, 0.5) is 28.0 Å². The number of ether oxygens (including phenoxy) is 2. The van der Waals surface area contributed by atoms with Crippen molar-refractivity contribution in [2.45, 2.75) is 51.6 Å². The number of hydrogen-bond donors (Lipinski definition) is 1. The fraction of sp³-hybridized carbons (Fsp3) is 0.375. The second-order valence-electron chi connectivity index (χ2n) is 8.97. The molecule has 1 aliphatic rings. The number of alkyl halides is 3. The number of benzene rings is 2. The summed E-state index contributed by atoms with van der Waals surface area (Å²) in [5.41, 5.74) is -1.52. The highest BCUT2D eigenvalue weighted by molar-refractivity contribution is 6.03. The lowest BCUT2D eigenvalue weighted by Crippen LogP contribution is -2.53. The maximum Gasteiger partial charge on any atom is 0.416 e. The molecular formula is C24H24F4N2O5. The Kier molecular flexibility index (Phi) is 7.09. The van der Waals surface area contributed by atoms with Crippen LogP contribution in [0.25, 0.3) is 0 Å². The van der Waals surface area contributed by atoms with Gasteiger partial charge in [0.2, 0.25) is 5.91 Å². The topological polar surface area (TPSA) is 84.9 Å². The predicted octanol–water partition coefficient (Wildman–Crippen LogP) is 4.61. The first-order valence-electron chi connectivity index (χ1n) is 10.6. The third kappa shape index (κ3) is 6.09. The van der Waals surface area contributed by atoms with E-state index in [1.165, 1.54) is 25.3 Å². The van der Waals surface area contributed by atoms with Gasteiger partial charge in [0.25, 0.3) is 0 Å². The number of methoxy groups -OCH3 is 1. The van der Waals surface area contributed by atoms with Crippen LogP contribution < -0.4 is 10.2 Å². The van der Waals surface area contributed by atoms with Crippen molar-refractivity contribution in [2.24, 2.45) is 0 Å². The van der Waals surface area contributed by atoms with Crippen LogP contribution in [0.1, 0.15) is 47.8 Å². The number of esters is 1. The van der Waals surface area contributed by atoms with Gasteiger partial charge in [0.15, 0.2) is 0 Å². The van der Waals surface area contributed by atoms with Gasteiger partial charge in [-0.25, -0.2) is 14.0 Å². The Balaban J connectivity index is 2.03. The second kappa shape index (κ2) is 9.55. The average Bonchev–Trinajstić information content (AvgIpc) is 2.74. The lowest BCUT2D eigenvalue weighted by Gasteiger charge is -2.35. The minimum Gasteiger partial charge on any atom is -0.465 e. The van der Waals surface area contributed by atoms with E-state index in [1.807, 2.05) is 0 Å². The van der Waals surface area contributed by atoms with Crippen LogP contribution in [0.5, 0.6) is 0 Å². The molecule has 188 valence electrons. The molecule has 0 saturated heterocycles. The number of carbonyl (C=O) groups excluding carboxylic acids is 3. The van der Waals surface area contributed by atoms with Crippen LogP contribution in [-0.4, -0.2) is 36.7 Å². The highest BCUT2D eigenvalue weighted by Crippen LogP contribution is 2.34. The number of nitrogens with one attached hydrogen (secondary N) is 1. The molecule has 3 rings (SSSR count). The van der Waals surface area contributed by atoms with Crippen LogP contribution in [0, 0.1) is 5.82 Å². The summed E-state index contributed by atoms with van der Waals surface area (Å²) in [5, 5.41) is 2.46. The number of halogens is 4. The van der Waals surface area contributed by atoms with Gasteiger partial charge in [-0.05, 0) is 56.7 Å². The minimum absolute atomic E-state index is 0.0242. The maximum atomic E-state index is 14.5. The Labute approximate surface area is 199 Å². The average molecular weight is 496 g/mol. The number of alkyl carbamates (subject to hydrolysis) is 1. The first-order valence-corrected chi connectivity index (χ1v) is 10.6. The fourth-order valence-electron chi connectivity index (χ4n) is 3.61. The van der Waals surface area contributed by atoms with E-state index in [1.54, 1.807) is 20.8 Å². The molecule has 0 saturated carbocycles. The van der Waals surface area contributed by atoms with Gasteiger partial charge in [0.05, 0.1) is 24.8 Å². The summed E-state index contributed by atoms with van der Waals surface area (Å²) in [6.07, 6.45) is -5.56. The predicted molar refractivity (Wildman–Crippen MR) is 117 cm³/mol. The Hall–Kier alpha value is -3.63. The van der Waals surface area contributed by atoms with E-state index in [9.17, 15) is 31.9 Å². The summed E-state index contributed by atoms with van der Waals surface area (Å²) in [6, 6.07) is 5.10. The van der Waals surface area contributed by atoms with E-state index in [0.29, 0.717) is 23.8 Å². The summed E-state index contributed by atoms with van der Waals surface area (Å²) in [6.45, 7) is 4.35. The van der Waals surface area contributed by atoms with Crippen LogP contribution in [0.3, 0.4) is 0 Å². The first-order chi connectivity index (χ1) is 16.2. The Bertz CT molecular complexity index is 1160. The van der Waals surface area contributed by atoms with Crippen LogP contribution in [0.15, 0.2) is 36.4 Å². The first kappa shape index (κ1) is 26.0. The fourth-order valence-corrected chi connectivity index (χ4v) is 3.61. The molecule has 7 nitrogen and oxygen atoms in total. The molecule has 11 heteroatoms. The van der Waals surface area contributed by atoms with Crippen molar-refractivity contribution < 1.29 is 41.4 Å². The maximum absolute atomic E-state index is 14.5. The molecule has 0 aromatic heterocycles. The summed E-state index contributed by atoms with van der Waals surface area (Å²) in [5.74, 6) is -2.35. The van der Waals surface area contributed by atoms with E-state index >= 15 is 0 Å². The number of amides is 2. The normalized spacial score (nSPS) is 15.9. The molecule has 0 bridgehead atoms. The molecule has 1 atom stereocenters. The summed E-state index contributed by atoms with van der Waals surface area (Å²) in [4.78, 5) is 38.7. The van der Waals surface area contributed by atoms with E-state index in [0.717, 1.165) is 4.90 Å². The molecule has 2 aromatic rings. The smallest absolute Gasteiger partial charge is 0.416 e. The SMILES string of the molecule is COC(=O)c1ccc2c(c1)N(Cc1cc(C(F)(F)F)ccc1F)C(=O)[C@H](NC(=O)OC(C)(C)C)C2. The number of carbonyl (C=O) groups is 3. The molecule has 0 radical (unpaired) electrons. The van der Waals surface area contributed by atoms with Crippen molar-refractivity contribution in [3.05, 3.63) is 64.5 Å². The van der Waals surface area contributed by atoms with Gasteiger partial charge in [0.1, 0.15) is 17.5 Å². The molecule has 0 fully saturated rings.